The van der Waals surface area contributed by atoms with Crippen molar-refractivity contribution in [1.29, 1.82) is 0 Å². The van der Waals surface area contributed by atoms with Crippen molar-refractivity contribution in [2.75, 3.05) is 31.6 Å². The van der Waals surface area contributed by atoms with Crippen LogP contribution < -0.4 is 10.1 Å². The van der Waals surface area contributed by atoms with Crippen molar-refractivity contribution < 1.29 is 31.1 Å². The minimum atomic E-state index is -4.65. The van der Waals surface area contributed by atoms with Crippen LogP contribution in [0, 0.1) is 0 Å². The summed E-state index contributed by atoms with van der Waals surface area (Å²) >= 11 is 0. The van der Waals surface area contributed by atoms with Crippen LogP contribution in [0.5, 0.6) is 5.88 Å². The number of ether oxygens (including phenoxy) is 2. The lowest BCUT2D eigenvalue weighted by atomic mass is 10.1. The van der Waals surface area contributed by atoms with E-state index in [-0.39, 0.29) is 36.6 Å². The van der Waals surface area contributed by atoms with Crippen LogP contribution in [0.2, 0.25) is 0 Å². The molecule has 10 nitrogen and oxygen atoms in total. The predicted octanol–water partition coefficient (Wildman–Crippen LogP) is 1.66. The average molecular weight is 476 g/mol. The zero-order chi connectivity index (χ0) is 22.9. The van der Waals surface area contributed by atoms with Gasteiger partial charge in [-0.1, -0.05) is 0 Å². The van der Waals surface area contributed by atoms with Crippen LogP contribution in [0.15, 0.2) is 23.5 Å². The molecule has 14 heteroatoms. The molecule has 176 valence electrons. The van der Waals surface area contributed by atoms with Gasteiger partial charge in [-0.25, -0.2) is 13.4 Å². The Labute approximate surface area is 182 Å². The third kappa shape index (κ3) is 4.96. The Bertz CT molecular complexity index is 1050. The molecule has 0 radical (unpaired) electrons. The van der Waals surface area contributed by atoms with E-state index in [1.807, 2.05) is 0 Å². The maximum absolute atomic E-state index is 13.3. The van der Waals surface area contributed by atoms with Crippen LogP contribution >= 0.6 is 0 Å². The van der Waals surface area contributed by atoms with E-state index in [1.54, 1.807) is 7.05 Å². The number of aromatic nitrogens is 4. The minimum absolute atomic E-state index is 0.000446. The Morgan fingerprint density at radius 1 is 1.22 bits per heavy atom. The first kappa shape index (κ1) is 22.7. The van der Waals surface area contributed by atoms with Gasteiger partial charge in [0.25, 0.3) is 0 Å². The largest absolute Gasteiger partial charge is 0.471 e. The first-order valence-electron chi connectivity index (χ1n) is 10.1. The van der Waals surface area contributed by atoms with Crippen molar-refractivity contribution >= 4 is 16.0 Å². The van der Waals surface area contributed by atoms with Crippen LogP contribution in [-0.4, -0.2) is 70.9 Å². The molecular formula is C18H23F3N6O4S. The van der Waals surface area contributed by atoms with Gasteiger partial charge in [0.15, 0.2) is 0 Å². The van der Waals surface area contributed by atoms with E-state index in [4.69, 9.17) is 9.47 Å². The van der Waals surface area contributed by atoms with E-state index in [2.05, 4.69) is 20.4 Å². The van der Waals surface area contributed by atoms with Crippen LogP contribution in [0.4, 0.5) is 19.1 Å². The monoisotopic (exact) mass is 476 g/mol. The highest BCUT2D eigenvalue weighted by atomic mass is 32.2. The number of hydrogen-bond donors (Lipinski definition) is 1. The number of aryl methyl sites for hydroxylation is 1. The van der Waals surface area contributed by atoms with Gasteiger partial charge in [-0.2, -0.15) is 27.6 Å². The molecule has 0 spiro atoms. The number of alkyl halides is 3. The first-order chi connectivity index (χ1) is 15.1. The molecule has 0 unspecified atom stereocenters. The van der Waals surface area contributed by atoms with Crippen LogP contribution in [0.25, 0.3) is 0 Å². The summed E-state index contributed by atoms with van der Waals surface area (Å²) < 4.78 is 78.8. The molecular weight excluding hydrogens is 453 g/mol. The maximum atomic E-state index is 13.3. The number of halogens is 3. The molecule has 4 heterocycles. The Morgan fingerprint density at radius 3 is 2.56 bits per heavy atom. The molecule has 0 aliphatic carbocycles. The van der Waals surface area contributed by atoms with Gasteiger partial charge in [-0.3, -0.25) is 4.68 Å². The van der Waals surface area contributed by atoms with E-state index in [9.17, 15) is 21.6 Å². The zero-order valence-corrected chi connectivity index (χ0v) is 18.1. The quantitative estimate of drug-likeness (QED) is 0.670. The molecule has 1 N–H and O–H groups in total. The van der Waals surface area contributed by atoms with Crippen LogP contribution in [0.1, 0.15) is 24.8 Å². The molecule has 2 aromatic rings. The SMILES string of the molecule is Cn1cc(S(=O)(=O)N2CCC(Nc3ncc(C(F)(F)F)c(O[C@@H]4CCOC4)n3)CC2)cn1. The van der Waals surface area contributed by atoms with Gasteiger partial charge < -0.3 is 14.8 Å². The predicted molar refractivity (Wildman–Crippen MR) is 105 cm³/mol. The summed E-state index contributed by atoms with van der Waals surface area (Å²) in [6.45, 7) is 1.12. The Morgan fingerprint density at radius 2 is 1.97 bits per heavy atom. The molecule has 2 fully saturated rings. The second-order valence-corrected chi connectivity index (χ2v) is 9.62. The third-order valence-electron chi connectivity index (χ3n) is 5.33. The van der Waals surface area contributed by atoms with Crippen molar-refractivity contribution in [1.82, 2.24) is 24.1 Å². The van der Waals surface area contributed by atoms with Crippen molar-refractivity contribution in [3.05, 3.63) is 24.2 Å². The number of rotatable bonds is 6. The molecule has 0 amide bonds. The van der Waals surface area contributed by atoms with Crippen LogP contribution in [-0.2, 0) is 28.0 Å². The third-order valence-corrected chi connectivity index (χ3v) is 7.18. The molecule has 2 aliphatic heterocycles. The second kappa shape index (κ2) is 8.83. The van der Waals surface area contributed by atoms with Crippen molar-refractivity contribution in [2.45, 2.75) is 42.5 Å². The molecule has 32 heavy (non-hydrogen) atoms. The van der Waals surface area contributed by atoms with E-state index in [1.165, 1.54) is 21.4 Å². The van der Waals surface area contributed by atoms with E-state index in [0.29, 0.717) is 32.1 Å². The Hall–Kier alpha value is -2.45. The molecule has 2 aromatic heterocycles. The molecule has 0 aromatic carbocycles. The number of nitrogens with one attached hydrogen (secondary N) is 1. The number of hydrogen-bond acceptors (Lipinski definition) is 8. The number of sulfonamides is 1. The summed E-state index contributed by atoms with van der Waals surface area (Å²) in [7, 11) is -2.01. The van der Waals surface area contributed by atoms with E-state index < -0.39 is 33.7 Å². The molecule has 2 saturated heterocycles. The fourth-order valence-electron chi connectivity index (χ4n) is 3.59. The second-order valence-electron chi connectivity index (χ2n) is 7.69. The average Bonchev–Trinajstić information content (AvgIpc) is 3.40. The smallest absolute Gasteiger partial charge is 0.423 e. The lowest BCUT2D eigenvalue weighted by molar-refractivity contribution is -0.139. The highest BCUT2D eigenvalue weighted by Gasteiger charge is 2.38. The lowest BCUT2D eigenvalue weighted by Crippen LogP contribution is -2.42. The van der Waals surface area contributed by atoms with Gasteiger partial charge in [-0.15, -0.1) is 0 Å². The van der Waals surface area contributed by atoms with Gasteiger partial charge in [0.2, 0.25) is 21.9 Å². The Kier molecular flexibility index (Phi) is 6.27. The first-order valence-corrected chi connectivity index (χ1v) is 11.5. The van der Waals surface area contributed by atoms with E-state index >= 15 is 0 Å². The van der Waals surface area contributed by atoms with Crippen LogP contribution in [0.3, 0.4) is 0 Å². The molecule has 0 bridgehead atoms. The summed E-state index contributed by atoms with van der Waals surface area (Å²) in [5.74, 6) is -0.539. The molecule has 2 aliphatic rings. The summed E-state index contributed by atoms with van der Waals surface area (Å²) in [5, 5.41) is 6.90. The molecule has 0 saturated carbocycles. The minimum Gasteiger partial charge on any atom is -0.471 e. The molecule has 4 rings (SSSR count). The van der Waals surface area contributed by atoms with E-state index in [0.717, 1.165) is 0 Å². The van der Waals surface area contributed by atoms with Gasteiger partial charge in [-0.05, 0) is 12.8 Å². The van der Waals surface area contributed by atoms with Crippen molar-refractivity contribution in [3.63, 3.8) is 0 Å². The highest BCUT2D eigenvalue weighted by molar-refractivity contribution is 7.89. The van der Waals surface area contributed by atoms with Crippen molar-refractivity contribution in [2.24, 2.45) is 7.05 Å². The highest BCUT2D eigenvalue weighted by Crippen LogP contribution is 2.36. The van der Waals surface area contributed by atoms with Gasteiger partial charge in [0.1, 0.15) is 16.6 Å². The summed E-state index contributed by atoms with van der Waals surface area (Å²) in [5.41, 5.74) is -1.05. The fourth-order valence-corrected chi connectivity index (χ4v) is 5.04. The van der Waals surface area contributed by atoms with Gasteiger partial charge >= 0.3 is 6.18 Å². The number of anilines is 1. The normalized spacial score (nSPS) is 21.1. The molecule has 1 atom stereocenters. The summed E-state index contributed by atoms with van der Waals surface area (Å²) in [6, 6.07) is -0.199. The zero-order valence-electron chi connectivity index (χ0n) is 17.2. The topological polar surface area (TPSA) is 111 Å². The van der Waals surface area contributed by atoms with Crippen molar-refractivity contribution in [3.8, 4) is 5.88 Å². The Balaban J connectivity index is 1.42. The van der Waals surface area contributed by atoms with Gasteiger partial charge in [0, 0.05) is 45.0 Å². The standard InChI is InChI=1S/C18H23F3N6O4S/c1-26-10-14(8-23-26)32(28,29)27-5-2-12(3-6-27)24-17-22-9-15(18(19,20)21)16(25-17)31-13-4-7-30-11-13/h8-10,12-13H,2-7,11H2,1H3,(H,22,24,25)/t13-/m1/s1. The number of piperidine rings is 1. The summed E-state index contributed by atoms with van der Waals surface area (Å²) in [4.78, 5) is 7.87. The summed E-state index contributed by atoms with van der Waals surface area (Å²) in [6.07, 6.45) is -0.359. The lowest BCUT2D eigenvalue weighted by Gasteiger charge is -2.31. The number of nitrogens with zero attached hydrogens (tertiary/aromatic N) is 5. The maximum Gasteiger partial charge on any atom is 0.423 e. The van der Waals surface area contributed by atoms with Gasteiger partial charge in [0.05, 0.1) is 19.4 Å². The fraction of sp³-hybridized carbons (Fsp3) is 0.611.